The number of halogens is 1. The fraction of sp³-hybridized carbons (Fsp3) is 0.400. The van der Waals surface area contributed by atoms with E-state index in [-0.39, 0.29) is 30.8 Å². The molecule has 7 nitrogen and oxygen atoms in total. The molecule has 23 heavy (non-hydrogen) atoms. The van der Waals surface area contributed by atoms with Gasteiger partial charge in [0.15, 0.2) is 0 Å². The van der Waals surface area contributed by atoms with Crippen LogP contribution in [0.1, 0.15) is 5.56 Å². The van der Waals surface area contributed by atoms with Crippen LogP contribution in [0.2, 0.25) is 0 Å². The van der Waals surface area contributed by atoms with Crippen molar-refractivity contribution < 1.29 is 14.4 Å². The number of rotatable bonds is 2. The fourth-order valence-electron chi connectivity index (χ4n) is 2.17. The summed E-state index contributed by atoms with van der Waals surface area (Å²) < 4.78 is 1.11. The highest BCUT2D eigenvalue weighted by Crippen LogP contribution is 2.09. The maximum atomic E-state index is 12.3. The normalized spacial score (nSPS) is 20.6. The molecular formula is C15H19IN4O3. The van der Waals surface area contributed by atoms with Gasteiger partial charge in [-0.2, -0.15) is 0 Å². The summed E-state index contributed by atoms with van der Waals surface area (Å²) in [5, 5.41) is 10.9. The molecule has 1 aromatic carbocycles. The van der Waals surface area contributed by atoms with Crippen LogP contribution in [0.15, 0.2) is 24.3 Å². The van der Waals surface area contributed by atoms with Gasteiger partial charge in [0.2, 0.25) is 17.7 Å². The summed E-state index contributed by atoms with van der Waals surface area (Å²) in [4.78, 5) is 35.6. The maximum absolute atomic E-state index is 12.3. The molecule has 1 fully saturated rings. The lowest BCUT2D eigenvalue weighted by molar-refractivity contribution is -0.129. The SMILES string of the molecule is O=C1CNCC(=O)N[C@@H](Cc2ccc(I)cc2)C(=O)NCCN1. The van der Waals surface area contributed by atoms with Crippen LogP contribution >= 0.6 is 22.6 Å². The Morgan fingerprint density at radius 1 is 0.957 bits per heavy atom. The predicted octanol–water partition coefficient (Wildman–Crippen LogP) is -0.846. The molecule has 1 aliphatic rings. The van der Waals surface area contributed by atoms with Crippen molar-refractivity contribution in [2.24, 2.45) is 0 Å². The molecule has 1 aromatic rings. The monoisotopic (exact) mass is 430 g/mol. The molecule has 124 valence electrons. The van der Waals surface area contributed by atoms with E-state index < -0.39 is 6.04 Å². The van der Waals surface area contributed by atoms with Crippen molar-refractivity contribution in [2.75, 3.05) is 26.2 Å². The van der Waals surface area contributed by atoms with Crippen molar-refractivity contribution in [3.8, 4) is 0 Å². The predicted molar refractivity (Wildman–Crippen MR) is 93.7 cm³/mol. The van der Waals surface area contributed by atoms with E-state index in [0.717, 1.165) is 9.13 Å². The minimum absolute atomic E-state index is 0.0100. The molecular weight excluding hydrogens is 411 g/mol. The molecule has 1 saturated heterocycles. The Bertz CT molecular complexity index is 577. The zero-order valence-corrected chi connectivity index (χ0v) is 14.7. The smallest absolute Gasteiger partial charge is 0.242 e. The molecule has 8 heteroatoms. The van der Waals surface area contributed by atoms with Crippen LogP contribution in [-0.2, 0) is 20.8 Å². The Balaban J connectivity index is 2.04. The van der Waals surface area contributed by atoms with E-state index in [1.54, 1.807) is 0 Å². The third-order valence-corrected chi connectivity index (χ3v) is 4.04. The molecule has 1 atom stereocenters. The Labute approximate surface area is 148 Å². The first kappa shape index (κ1) is 17.7. The largest absolute Gasteiger partial charge is 0.353 e. The molecule has 1 aliphatic heterocycles. The third-order valence-electron chi connectivity index (χ3n) is 3.32. The van der Waals surface area contributed by atoms with E-state index in [0.29, 0.717) is 19.5 Å². The summed E-state index contributed by atoms with van der Waals surface area (Å²) in [7, 11) is 0. The number of hydrogen-bond donors (Lipinski definition) is 4. The van der Waals surface area contributed by atoms with Crippen molar-refractivity contribution in [1.82, 2.24) is 21.3 Å². The molecule has 2 rings (SSSR count). The molecule has 0 aromatic heterocycles. The molecule has 0 saturated carbocycles. The van der Waals surface area contributed by atoms with Crippen LogP contribution in [0.3, 0.4) is 0 Å². The second-order valence-corrected chi connectivity index (χ2v) is 6.44. The van der Waals surface area contributed by atoms with E-state index in [9.17, 15) is 14.4 Å². The van der Waals surface area contributed by atoms with Crippen LogP contribution in [0.25, 0.3) is 0 Å². The van der Waals surface area contributed by atoms with Crippen molar-refractivity contribution in [3.63, 3.8) is 0 Å². The Morgan fingerprint density at radius 2 is 1.61 bits per heavy atom. The van der Waals surface area contributed by atoms with Crippen molar-refractivity contribution in [2.45, 2.75) is 12.5 Å². The summed E-state index contributed by atoms with van der Waals surface area (Å²) in [6.07, 6.45) is 0.418. The number of carbonyl (C=O) groups is 3. The minimum Gasteiger partial charge on any atom is -0.353 e. The number of benzene rings is 1. The van der Waals surface area contributed by atoms with Gasteiger partial charge in [-0.05, 0) is 40.3 Å². The average molecular weight is 430 g/mol. The lowest BCUT2D eigenvalue weighted by Crippen LogP contribution is -2.52. The van der Waals surface area contributed by atoms with Crippen LogP contribution in [0.5, 0.6) is 0 Å². The standard InChI is InChI=1S/C15H19IN4O3/c16-11-3-1-10(2-4-11)7-12-15(23)19-6-5-18-13(21)8-17-9-14(22)20-12/h1-4,12,17H,5-9H2,(H,18,21)(H,19,23)(H,20,22)/t12-/m0/s1. The van der Waals surface area contributed by atoms with Gasteiger partial charge in [0.1, 0.15) is 6.04 Å². The zero-order valence-electron chi connectivity index (χ0n) is 12.5. The van der Waals surface area contributed by atoms with Gasteiger partial charge in [-0.25, -0.2) is 0 Å². The second-order valence-electron chi connectivity index (χ2n) is 5.20. The fourth-order valence-corrected chi connectivity index (χ4v) is 2.53. The van der Waals surface area contributed by atoms with E-state index in [1.807, 2.05) is 24.3 Å². The Kier molecular flexibility index (Phi) is 6.78. The van der Waals surface area contributed by atoms with Gasteiger partial charge in [-0.3, -0.25) is 19.7 Å². The molecule has 3 amide bonds. The number of amides is 3. The molecule has 4 N–H and O–H groups in total. The van der Waals surface area contributed by atoms with E-state index in [4.69, 9.17) is 0 Å². The van der Waals surface area contributed by atoms with Crippen molar-refractivity contribution >= 4 is 40.3 Å². The first-order valence-electron chi connectivity index (χ1n) is 7.33. The van der Waals surface area contributed by atoms with E-state index in [1.165, 1.54) is 0 Å². The van der Waals surface area contributed by atoms with Crippen LogP contribution in [-0.4, -0.2) is 49.9 Å². The van der Waals surface area contributed by atoms with Gasteiger partial charge < -0.3 is 16.0 Å². The maximum Gasteiger partial charge on any atom is 0.242 e. The van der Waals surface area contributed by atoms with Crippen LogP contribution in [0, 0.1) is 3.57 Å². The summed E-state index contributed by atoms with van der Waals surface area (Å²) in [5.41, 5.74) is 0.972. The lowest BCUT2D eigenvalue weighted by atomic mass is 10.1. The zero-order chi connectivity index (χ0) is 16.7. The highest BCUT2D eigenvalue weighted by atomic mass is 127. The van der Waals surface area contributed by atoms with Crippen LogP contribution in [0.4, 0.5) is 0 Å². The van der Waals surface area contributed by atoms with Crippen LogP contribution < -0.4 is 21.3 Å². The summed E-state index contributed by atoms with van der Waals surface area (Å²) in [5.74, 6) is -0.779. The number of carbonyl (C=O) groups excluding carboxylic acids is 3. The lowest BCUT2D eigenvalue weighted by Gasteiger charge is -2.20. The summed E-state index contributed by atoms with van der Waals surface area (Å²) in [6, 6.07) is 7.16. The van der Waals surface area contributed by atoms with Gasteiger partial charge in [-0.15, -0.1) is 0 Å². The molecule has 0 unspecified atom stereocenters. The molecule has 0 radical (unpaired) electrons. The van der Waals surface area contributed by atoms with Gasteiger partial charge in [0.25, 0.3) is 0 Å². The highest BCUT2D eigenvalue weighted by molar-refractivity contribution is 14.1. The van der Waals surface area contributed by atoms with E-state index >= 15 is 0 Å². The van der Waals surface area contributed by atoms with Gasteiger partial charge >= 0.3 is 0 Å². The van der Waals surface area contributed by atoms with Crippen molar-refractivity contribution in [1.29, 1.82) is 0 Å². The average Bonchev–Trinajstić information content (AvgIpc) is 2.52. The van der Waals surface area contributed by atoms with Gasteiger partial charge in [0, 0.05) is 23.1 Å². The van der Waals surface area contributed by atoms with Crippen molar-refractivity contribution in [3.05, 3.63) is 33.4 Å². The molecule has 0 spiro atoms. The summed E-state index contributed by atoms with van der Waals surface area (Å²) >= 11 is 2.21. The molecule has 1 heterocycles. The highest BCUT2D eigenvalue weighted by Gasteiger charge is 2.21. The second kappa shape index (κ2) is 8.82. The first-order valence-corrected chi connectivity index (χ1v) is 8.41. The third kappa shape index (κ3) is 6.14. The summed E-state index contributed by atoms with van der Waals surface area (Å²) in [6.45, 7) is 0.743. The number of nitrogens with one attached hydrogen (secondary N) is 4. The molecule has 0 aliphatic carbocycles. The van der Waals surface area contributed by atoms with Gasteiger partial charge in [-0.1, -0.05) is 12.1 Å². The first-order chi connectivity index (χ1) is 11.0. The van der Waals surface area contributed by atoms with Gasteiger partial charge in [0.05, 0.1) is 13.1 Å². The van der Waals surface area contributed by atoms with E-state index in [2.05, 4.69) is 43.9 Å². The minimum atomic E-state index is -0.639. The quantitative estimate of drug-likeness (QED) is 0.460. The Morgan fingerprint density at radius 3 is 2.35 bits per heavy atom. The number of hydrogen-bond acceptors (Lipinski definition) is 4. The molecule has 0 bridgehead atoms. The topological polar surface area (TPSA) is 99.3 Å². The Hall–Kier alpha value is -1.68.